The Morgan fingerprint density at radius 2 is 2.44 bits per heavy atom. The minimum absolute atomic E-state index is 0.314. The van der Waals surface area contributed by atoms with Crippen LogP contribution in [0.2, 0.25) is 0 Å². The first-order valence-corrected chi connectivity index (χ1v) is 6.60. The summed E-state index contributed by atoms with van der Waals surface area (Å²) < 4.78 is 5.56. The average Bonchev–Trinajstić information content (AvgIpc) is 2.86. The van der Waals surface area contributed by atoms with Gasteiger partial charge < -0.3 is 20.3 Å². The van der Waals surface area contributed by atoms with Crippen molar-refractivity contribution < 1.29 is 4.74 Å². The van der Waals surface area contributed by atoms with Crippen molar-refractivity contribution in [3.8, 4) is 0 Å². The number of aliphatic imine (C=N–C) groups is 1. The van der Waals surface area contributed by atoms with Crippen molar-refractivity contribution in [2.24, 2.45) is 10.7 Å². The molecule has 0 aliphatic carbocycles. The summed E-state index contributed by atoms with van der Waals surface area (Å²) in [7, 11) is 2.01. The molecule has 4 N–H and O–H groups in total. The Labute approximate surface area is 107 Å². The van der Waals surface area contributed by atoms with Gasteiger partial charge in [0.25, 0.3) is 0 Å². The van der Waals surface area contributed by atoms with Crippen LogP contribution >= 0.6 is 0 Å². The van der Waals surface area contributed by atoms with Crippen molar-refractivity contribution >= 4 is 5.84 Å². The van der Waals surface area contributed by atoms with Crippen LogP contribution in [0.3, 0.4) is 0 Å². The van der Waals surface area contributed by atoms with E-state index >= 15 is 0 Å². The largest absolute Gasteiger partial charge is 0.376 e. The second-order valence-corrected chi connectivity index (χ2v) is 5.02. The number of nitrogens with zero attached hydrogens (tertiary/aromatic N) is 2. The van der Waals surface area contributed by atoms with E-state index in [9.17, 15) is 0 Å². The Bertz CT molecular complexity index is 392. The minimum Gasteiger partial charge on any atom is -0.376 e. The van der Waals surface area contributed by atoms with Gasteiger partial charge in [-0.1, -0.05) is 0 Å². The lowest BCUT2D eigenvalue weighted by molar-refractivity contribution is 0.144. The third kappa shape index (κ3) is 2.11. The quantitative estimate of drug-likeness (QED) is 0.569. The Kier molecular flexibility index (Phi) is 3.23. The molecule has 100 valence electrons. The predicted molar refractivity (Wildman–Crippen MR) is 70.0 cm³/mol. The van der Waals surface area contributed by atoms with Gasteiger partial charge in [-0.25, -0.2) is 4.99 Å². The summed E-state index contributed by atoms with van der Waals surface area (Å²) >= 11 is 0. The number of rotatable bonds is 1. The SMILES string of the molecule is CN[C@@H]1CCN(C2=NC(N)NC3=C2COCC3)C1. The van der Waals surface area contributed by atoms with Gasteiger partial charge in [0.15, 0.2) is 6.29 Å². The Morgan fingerprint density at radius 3 is 3.22 bits per heavy atom. The highest BCUT2D eigenvalue weighted by Gasteiger charge is 2.31. The van der Waals surface area contributed by atoms with Crippen LogP contribution in [0.5, 0.6) is 0 Å². The van der Waals surface area contributed by atoms with Crippen LogP contribution in [-0.4, -0.2) is 56.4 Å². The van der Waals surface area contributed by atoms with Crippen LogP contribution in [0, 0.1) is 0 Å². The molecular weight excluding hydrogens is 230 g/mol. The fraction of sp³-hybridized carbons (Fsp3) is 0.750. The molecule has 6 heteroatoms. The summed E-state index contributed by atoms with van der Waals surface area (Å²) in [4.78, 5) is 6.89. The smallest absolute Gasteiger partial charge is 0.173 e. The predicted octanol–water partition coefficient (Wildman–Crippen LogP) is -0.801. The van der Waals surface area contributed by atoms with Crippen molar-refractivity contribution in [3.63, 3.8) is 0 Å². The Hall–Kier alpha value is -1.11. The number of amidine groups is 1. The van der Waals surface area contributed by atoms with E-state index in [4.69, 9.17) is 10.5 Å². The van der Waals surface area contributed by atoms with Gasteiger partial charge in [-0.3, -0.25) is 5.73 Å². The van der Waals surface area contributed by atoms with E-state index < -0.39 is 0 Å². The number of hydrogen-bond donors (Lipinski definition) is 3. The highest BCUT2D eigenvalue weighted by atomic mass is 16.5. The summed E-state index contributed by atoms with van der Waals surface area (Å²) in [6.07, 6.45) is 1.75. The first-order chi connectivity index (χ1) is 8.78. The highest BCUT2D eigenvalue weighted by Crippen LogP contribution is 2.23. The van der Waals surface area contributed by atoms with Gasteiger partial charge in [-0.2, -0.15) is 0 Å². The van der Waals surface area contributed by atoms with Gasteiger partial charge in [-0.15, -0.1) is 0 Å². The van der Waals surface area contributed by atoms with E-state index in [1.54, 1.807) is 0 Å². The molecule has 0 spiro atoms. The standard InChI is InChI=1S/C12H21N5O/c1-14-8-2-4-17(6-8)11-9-7-18-5-3-10(9)15-12(13)16-11/h8,12,14-15H,2-7,13H2,1H3/t8-,12?/m1/s1. The molecule has 1 unspecified atom stereocenters. The number of hydrogen-bond acceptors (Lipinski definition) is 6. The molecule has 3 aliphatic heterocycles. The van der Waals surface area contributed by atoms with Gasteiger partial charge in [0.2, 0.25) is 0 Å². The summed E-state index contributed by atoms with van der Waals surface area (Å²) in [6, 6.07) is 0.548. The van der Waals surface area contributed by atoms with Crippen LogP contribution in [0.25, 0.3) is 0 Å². The van der Waals surface area contributed by atoms with Crippen molar-refractivity contribution in [3.05, 3.63) is 11.3 Å². The van der Waals surface area contributed by atoms with Crippen molar-refractivity contribution in [2.45, 2.75) is 25.2 Å². The normalized spacial score (nSPS) is 32.1. The molecule has 18 heavy (non-hydrogen) atoms. The highest BCUT2D eigenvalue weighted by molar-refractivity contribution is 6.00. The van der Waals surface area contributed by atoms with E-state index in [2.05, 4.69) is 20.5 Å². The molecule has 3 rings (SSSR count). The number of nitrogens with one attached hydrogen (secondary N) is 2. The number of likely N-dealkylation sites (N-methyl/N-ethyl adjacent to an activating group) is 1. The molecule has 0 saturated carbocycles. The topological polar surface area (TPSA) is 74.9 Å². The number of nitrogens with two attached hydrogens (primary N) is 1. The van der Waals surface area contributed by atoms with E-state index in [1.165, 1.54) is 11.3 Å². The third-order valence-corrected chi connectivity index (χ3v) is 3.86. The maximum Gasteiger partial charge on any atom is 0.173 e. The van der Waals surface area contributed by atoms with Gasteiger partial charge in [-0.05, 0) is 13.5 Å². The first kappa shape index (κ1) is 12.0. The first-order valence-electron chi connectivity index (χ1n) is 6.60. The molecule has 1 fully saturated rings. The van der Waals surface area contributed by atoms with Crippen LogP contribution in [-0.2, 0) is 4.74 Å². The van der Waals surface area contributed by atoms with Crippen LogP contribution < -0.4 is 16.4 Å². The van der Waals surface area contributed by atoms with E-state index in [-0.39, 0.29) is 6.29 Å². The lowest BCUT2D eigenvalue weighted by Gasteiger charge is -2.33. The Balaban J connectivity index is 1.83. The van der Waals surface area contributed by atoms with Crippen molar-refractivity contribution in [2.75, 3.05) is 33.4 Å². The number of likely N-dealkylation sites (tertiary alicyclic amines) is 1. The fourth-order valence-corrected chi connectivity index (χ4v) is 2.83. The maximum atomic E-state index is 5.95. The molecule has 6 nitrogen and oxygen atoms in total. The minimum atomic E-state index is -0.314. The summed E-state index contributed by atoms with van der Waals surface area (Å²) in [6.45, 7) is 3.45. The average molecular weight is 251 g/mol. The second-order valence-electron chi connectivity index (χ2n) is 5.02. The fourth-order valence-electron chi connectivity index (χ4n) is 2.83. The van der Waals surface area contributed by atoms with Gasteiger partial charge in [0, 0.05) is 36.8 Å². The Morgan fingerprint density at radius 1 is 1.56 bits per heavy atom. The molecule has 0 bridgehead atoms. The van der Waals surface area contributed by atoms with Crippen LogP contribution in [0.4, 0.5) is 0 Å². The third-order valence-electron chi connectivity index (χ3n) is 3.86. The monoisotopic (exact) mass is 251 g/mol. The molecule has 0 aromatic carbocycles. The summed E-state index contributed by atoms with van der Waals surface area (Å²) in [5, 5.41) is 6.57. The molecule has 3 aliphatic rings. The zero-order chi connectivity index (χ0) is 12.5. The zero-order valence-electron chi connectivity index (χ0n) is 10.8. The van der Waals surface area contributed by atoms with Gasteiger partial charge >= 0.3 is 0 Å². The molecule has 0 amide bonds. The molecule has 0 aromatic heterocycles. The van der Waals surface area contributed by atoms with Crippen LogP contribution in [0.1, 0.15) is 12.8 Å². The molecule has 0 radical (unpaired) electrons. The number of ether oxygens (including phenoxy) is 1. The summed E-state index contributed by atoms with van der Waals surface area (Å²) in [5.41, 5.74) is 8.36. The lowest BCUT2D eigenvalue weighted by Crippen LogP contribution is -2.47. The molecule has 3 heterocycles. The van der Waals surface area contributed by atoms with Crippen molar-refractivity contribution in [1.29, 1.82) is 0 Å². The van der Waals surface area contributed by atoms with Gasteiger partial charge in [0.05, 0.1) is 13.2 Å². The van der Waals surface area contributed by atoms with Crippen molar-refractivity contribution in [1.82, 2.24) is 15.5 Å². The molecular formula is C12H21N5O. The van der Waals surface area contributed by atoms with E-state index in [0.29, 0.717) is 12.6 Å². The maximum absolute atomic E-state index is 5.95. The molecule has 1 saturated heterocycles. The molecule has 0 aromatic rings. The van der Waals surface area contributed by atoms with Gasteiger partial charge in [0.1, 0.15) is 5.84 Å². The van der Waals surface area contributed by atoms with E-state index in [1.807, 2.05) is 7.05 Å². The van der Waals surface area contributed by atoms with Crippen LogP contribution in [0.15, 0.2) is 16.3 Å². The van der Waals surface area contributed by atoms with E-state index in [0.717, 1.165) is 38.4 Å². The summed E-state index contributed by atoms with van der Waals surface area (Å²) in [5.74, 6) is 1.04. The zero-order valence-corrected chi connectivity index (χ0v) is 10.8. The second kappa shape index (κ2) is 4.87. The molecule has 2 atom stereocenters. The lowest BCUT2D eigenvalue weighted by atomic mass is 10.1.